The Morgan fingerprint density at radius 3 is 2.43 bits per heavy atom. The Balaban J connectivity index is 4.18. The van der Waals surface area contributed by atoms with Gasteiger partial charge in [-0.25, -0.2) is 0 Å². The number of ketones is 1. The lowest BCUT2D eigenvalue weighted by molar-refractivity contribution is -0.149. The number of hydrogen-bond acceptors (Lipinski definition) is 4. The quantitative estimate of drug-likeness (QED) is 0.374. The molecule has 0 rings (SSSR count). The Morgan fingerprint density at radius 1 is 1.43 bits per heavy atom. The third-order valence-electron chi connectivity index (χ3n) is 1.60. The van der Waals surface area contributed by atoms with Gasteiger partial charge in [0.05, 0.1) is 6.61 Å². The maximum atomic E-state index is 11.3. The van der Waals surface area contributed by atoms with E-state index in [2.05, 4.69) is 0 Å². The molecule has 0 N–H and O–H groups in total. The van der Waals surface area contributed by atoms with Crippen molar-refractivity contribution >= 4 is 11.8 Å². The molecule has 80 valence electrons. The maximum absolute atomic E-state index is 11.3. The molecule has 0 saturated heterocycles. The summed E-state index contributed by atoms with van der Waals surface area (Å²) in [6.45, 7) is 3.55. The molecule has 0 fully saturated rings. The van der Waals surface area contributed by atoms with Crippen LogP contribution in [-0.4, -0.2) is 37.4 Å². The maximum Gasteiger partial charge on any atom is 0.316 e. The van der Waals surface area contributed by atoms with Crippen molar-refractivity contribution in [1.29, 1.82) is 0 Å². The van der Waals surface area contributed by atoms with E-state index in [-0.39, 0.29) is 5.78 Å². The highest BCUT2D eigenvalue weighted by molar-refractivity contribution is 6.04. The van der Waals surface area contributed by atoms with Crippen molar-refractivity contribution in [2.45, 2.75) is 13.8 Å². The molecule has 0 amide bonds. The fourth-order valence-electron chi connectivity index (χ4n) is 0.750. The van der Waals surface area contributed by atoms with Gasteiger partial charge < -0.3 is 9.64 Å². The Hall–Kier alpha value is -1.32. The first kappa shape index (κ1) is 12.7. The third-order valence-corrected chi connectivity index (χ3v) is 1.60. The van der Waals surface area contributed by atoms with E-state index in [1.54, 1.807) is 39.0 Å². The number of ether oxygens (including phenoxy) is 1. The van der Waals surface area contributed by atoms with E-state index in [4.69, 9.17) is 4.74 Å². The van der Waals surface area contributed by atoms with Gasteiger partial charge in [0, 0.05) is 20.3 Å². The second-order valence-corrected chi connectivity index (χ2v) is 3.16. The van der Waals surface area contributed by atoms with Crippen molar-refractivity contribution in [1.82, 2.24) is 4.90 Å². The van der Waals surface area contributed by atoms with E-state index in [1.807, 2.05) is 0 Å². The predicted molar refractivity (Wildman–Crippen MR) is 53.6 cm³/mol. The fourth-order valence-corrected chi connectivity index (χ4v) is 0.750. The molecule has 0 spiro atoms. The third kappa shape index (κ3) is 4.64. The molecule has 0 aromatic rings. The van der Waals surface area contributed by atoms with Gasteiger partial charge >= 0.3 is 5.97 Å². The summed E-state index contributed by atoms with van der Waals surface area (Å²) < 4.78 is 4.72. The normalized spacial score (nSPS) is 12.6. The molecule has 0 aromatic carbocycles. The van der Waals surface area contributed by atoms with Crippen molar-refractivity contribution in [3.8, 4) is 0 Å². The van der Waals surface area contributed by atoms with Crippen LogP contribution in [0.4, 0.5) is 0 Å². The van der Waals surface area contributed by atoms with Crippen molar-refractivity contribution in [3.05, 3.63) is 12.3 Å². The molecular weight excluding hydrogens is 182 g/mol. The van der Waals surface area contributed by atoms with Gasteiger partial charge in [-0.3, -0.25) is 9.59 Å². The van der Waals surface area contributed by atoms with E-state index < -0.39 is 11.9 Å². The highest BCUT2D eigenvalue weighted by Gasteiger charge is 2.19. The zero-order chi connectivity index (χ0) is 11.1. The van der Waals surface area contributed by atoms with Crippen LogP contribution in [0.1, 0.15) is 13.8 Å². The number of allylic oxidation sites excluding steroid dienone is 1. The zero-order valence-corrected chi connectivity index (χ0v) is 9.11. The molecule has 0 aliphatic rings. The lowest BCUT2D eigenvalue weighted by atomic mass is 10.1. The van der Waals surface area contributed by atoms with E-state index in [1.165, 1.54) is 6.08 Å². The van der Waals surface area contributed by atoms with Crippen molar-refractivity contribution in [2.75, 3.05) is 20.7 Å². The van der Waals surface area contributed by atoms with Gasteiger partial charge in [-0.2, -0.15) is 0 Å². The molecule has 1 atom stereocenters. The largest absolute Gasteiger partial charge is 0.465 e. The molecule has 0 aliphatic heterocycles. The van der Waals surface area contributed by atoms with Crippen LogP contribution in [0.25, 0.3) is 0 Å². The summed E-state index contributed by atoms with van der Waals surface area (Å²) in [7, 11) is 3.61. The molecular formula is C10H17NO3. The summed E-state index contributed by atoms with van der Waals surface area (Å²) in [4.78, 5) is 24.2. The SMILES string of the molecule is CCOC(=O)C(C)C(=O)/C=C/N(C)C. The van der Waals surface area contributed by atoms with Gasteiger partial charge in [-0.15, -0.1) is 0 Å². The van der Waals surface area contributed by atoms with Crippen LogP contribution in [0.15, 0.2) is 12.3 Å². The number of esters is 1. The van der Waals surface area contributed by atoms with Gasteiger partial charge in [0.2, 0.25) is 0 Å². The van der Waals surface area contributed by atoms with E-state index in [9.17, 15) is 9.59 Å². The average Bonchev–Trinajstić information content (AvgIpc) is 2.13. The zero-order valence-electron chi connectivity index (χ0n) is 9.11. The van der Waals surface area contributed by atoms with Crippen molar-refractivity contribution in [3.63, 3.8) is 0 Å². The minimum Gasteiger partial charge on any atom is -0.465 e. The summed E-state index contributed by atoms with van der Waals surface area (Å²) in [6.07, 6.45) is 2.99. The van der Waals surface area contributed by atoms with E-state index in [0.29, 0.717) is 6.61 Å². The minimum absolute atomic E-state index is 0.239. The highest BCUT2D eigenvalue weighted by atomic mass is 16.5. The van der Waals surface area contributed by atoms with Crippen LogP contribution in [-0.2, 0) is 14.3 Å². The lowest BCUT2D eigenvalue weighted by Gasteiger charge is -2.07. The second kappa shape index (κ2) is 6.18. The highest BCUT2D eigenvalue weighted by Crippen LogP contribution is 2.01. The van der Waals surface area contributed by atoms with Gasteiger partial charge in [0.1, 0.15) is 5.92 Å². The second-order valence-electron chi connectivity index (χ2n) is 3.16. The Bertz CT molecular complexity index is 234. The van der Waals surface area contributed by atoms with Crippen LogP contribution < -0.4 is 0 Å². The smallest absolute Gasteiger partial charge is 0.316 e. The van der Waals surface area contributed by atoms with Gasteiger partial charge in [-0.05, 0) is 19.9 Å². The van der Waals surface area contributed by atoms with E-state index >= 15 is 0 Å². The van der Waals surface area contributed by atoms with Gasteiger partial charge in [0.15, 0.2) is 5.78 Å². The Kier molecular flexibility index (Phi) is 5.60. The van der Waals surface area contributed by atoms with Crippen molar-refractivity contribution in [2.24, 2.45) is 5.92 Å². The number of nitrogens with zero attached hydrogens (tertiary/aromatic N) is 1. The van der Waals surface area contributed by atoms with Crippen LogP contribution in [0.3, 0.4) is 0 Å². The summed E-state index contributed by atoms with van der Waals surface area (Å²) in [6, 6.07) is 0. The molecule has 0 bridgehead atoms. The van der Waals surface area contributed by atoms with Crippen LogP contribution in [0.2, 0.25) is 0 Å². The standard InChI is InChI=1S/C10H17NO3/c1-5-14-10(13)8(2)9(12)6-7-11(3)4/h6-8H,5H2,1-4H3/b7-6+. The first-order valence-electron chi connectivity index (χ1n) is 4.54. The first-order chi connectivity index (χ1) is 6.49. The van der Waals surface area contributed by atoms with Gasteiger partial charge in [0.25, 0.3) is 0 Å². The van der Waals surface area contributed by atoms with Crippen LogP contribution >= 0.6 is 0 Å². The monoisotopic (exact) mass is 199 g/mol. The van der Waals surface area contributed by atoms with Crippen LogP contribution in [0.5, 0.6) is 0 Å². The van der Waals surface area contributed by atoms with Crippen LogP contribution in [0, 0.1) is 5.92 Å². The molecule has 4 heteroatoms. The number of rotatable bonds is 5. The minimum atomic E-state index is -0.717. The van der Waals surface area contributed by atoms with Crippen molar-refractivity contribution < 1.29 is 14.3 Å². The Labute approximate surface area is 84.5 Å². The van der Waals surface area contributed by atoms with E-state index in [0.717, 1.165) is 0 Å². The molecule has 4 nitrogen and oxygen atoms in total. The molecule has 0 saturated carbocycles. The molecule has 0 heterocycles. The molecule has 14 heavy (non-hydrogen) atoms. The Morgan fingerprint density at radius 2 is 2.00 bits per heavy atom. The fraction of sp³-hybridized carbons (Fsp3) is 0.600. The lowest BCUT2D eigenvalue weighted by Crippen LogP contribution is -2.22. The number of carbonyl (C=O) groups is 2. The number of carbonyl (C=O) groups excluding carboxylic acids is 2. The average molecular weight is 199 g/mol. The summed E-state index contributed by atoms with van der Waals surface area (Å²) in [5, 5.41) is 0. The molecule has 1 unspecified atom stereocenters. The molecule has 0 radical (unpaired) electrons. The molecule has 0 aromatic heterocycles. The topological polar surface area (TPSA) is 46.6 Å². The van der Waals surface area contributed by atoms with Gasteiger partial charge in [-0.1, -0.05) is 0 Å². The summed E-state index contributed by atoms with van der Waals surface area (Å²) in [5.41, 5.74) is 0. The number of hydrogen-bond donors (Lipinski definition) is 0. The molecule has 0 aliphatic carbocycles. The first-order valence-corrected chi connectivity index (χ1v) is 4.54. The predicted octanol–water partition coefficient (Wildman–Crippen LogP) is 0.830. The summed E-state index contributed by atoms with van der Waals surface area (Å²) >= 11 is 0. The summed E-state index contributed by atoms with van der Waals surface area (Å²) in [5.74, 6) is -1.43.